The monoisotopic (exact) mass is 242 g/mol. The first-order chi connectivity index (χ1) is 8.92. The Labute approximate surface area is 107 Å². The number of hydrogen-bond donors (Lipinski definition) is 2. The van der Waals surface area contributed by atoms with Gasteiger partial charge in [0, 0.05) is 24.2 Å². The molecule has 1 aromatic carbocycles. The van der Waals surface area contributed by atoms with Gasteiger partial charge in [0.25, 0.3) is 0 Å². The molecule has 1 aliphatic rings. The normalized spacial score (nSPS) is 19.2. The summed E-state index contributed by atoms with van der Waals surface area (Å²) in [6, 6.07) is 8.71. The lowest BCUT2D eigenvalue weighted by Gasteiger charge is -2.10. The van der Waals surface area contributed by atoms with Crippen molar-refractivity contribution in [2.24, 2.45) is 0 Å². The molecule has 4 nitrogen and oxygen atoms in total. The van der Waals surface area contributed by atoms with Gasteiger partial charge in [-0.15, -0.1) is 0 Å². The van der Waals surface area contributed by atoms with E-state index in [-0.39, 0.29) is 0 Å². The Balaban J connectivity index is 1.60. The molecule has 1 aliphatic heterocycles. The van der Waals surface area contributed by atoms with Gasteiger partial charge in [0.15, 0.2) is 0 Å². The zero-order valence-corrected chi connectivity index (χ0v) is 10.4. The number of benzene rings is 1. The zero-order chi connectivity index (χ0) is 12.2. The highest BCUT2D eigenvalue weighted by molar-refractivity contribution is 5.78. The maximum atomic E-state index is 4.50. The third kappa shape index (κ3) is 2.59. The van der Waals surface area contributed by atoms with Crippen molar-refractivity contribution in [2.75, 3.05) is 18.4 Å². The Morgan fingerprint density at radius 3 is 3.17 bits per heavy atom. The van der Waals surface area contributed by atoms with Gasteiger partial charge in [0.2, 0.25) is 5.95 Å². The highest BCUT2D eigenvalue weighted by Gasteiger charge is 2.13. The fraction of sp³-hybridized carbons (Fsp3) is 0.429. The summed E-state index contributed by atoms with van der Waals surface area (Å²) in [6.07, 6.45) is 5.60. The molecule has 0 bridgehead atoms. The molecule has 0 amide bonds. The fourth-order valence-corrected chi connectivity index (χ4v) is 2.42. The quantitative estimate of drug-likeness (QED) is 0.863. The first-order valence-corrected chi connectivity index (χ1v) is 6.61. The lowest BCUT2D eigenvalue weighted by Crippen LogP contribution is -2.24. The average Bonchev–Trinajstić information content (AvgIpc) is 2.92. The number of aromatic nitrogens is 2. The number of para-hydroxylation sites is 1. The third-order valence-electron chi connectivity index (χ3n) is 3.43. The first-order valence-electron chi connectivity index (χ1n) is 6.61. The molecule has 2 aromatic rings. The molecule has 0 spiro atoms. The van der Waals surface area contributed by atoms with Crippen LogP contribution >= 0.6 is 0 Å². The van der Waals surface area contributed by atoms with E-state index in [1.54, 1.807) is 0 Å². The summed E-state index contributed by atoms with van der Waals surface area (Å²) in [6.45, 7) is 2.09. The lowest BCUT2D eigenvalue weighted by atomic mass is 10.1. The van der Waals surface area contributed by atoms with Crippen molar-refractivity contribution >= 4 is 16.9 Å². The smallest absolute Gasteiger partial charge is 0.223 e. The molecule has 2 N–H and O–H groups in total. The third-order valence-corrected chi connectivity index (χ3v) is 3.43. The fourth-order valence-electron chi connectivity index (χ4n) is 2.42. The topological polar surface area (TPSA) is 49.8 Å². The molecule has 4 heteroatoms. The Kier molecular flexibility index (Phi) is 3.37. The van der Waals surface area contributed by atoms with Gasteiger partial charge in [-0.25, -0.2) is 9.97 Å². The van der Waals surface area contributed by atoms with Crippen molar-refractivity contribution < 1.29 is 0 Å². The summed E-state index contributed by atoms with van der Waals surface area (Å²) in [7, 11) is 0. The van der Waals surface area contributed by atoms with E-state index in [1.165, 1.54) is 12.8 Å². The van der Waals surface area contributed by atoms with Crippen LogP contribution in [-0.2, 0) is 0 Å². The molecule has 0 radical (unpaired) electrons. The molecule has 2 heterocycles. The van der Waals surface area contributed by atoms with Gasteiger partial charge in [0.1, 0.15) is 0 Å². The largest absolute Gasteiger partial charge is 0.354 e. The van der Waals surface area contributed by atoms with E-state index in [0.717, 1.165) is 36.4 Å². The second kappa shape index (κ2) is 5.31. The number of hydrogen-bond acceptors (Lipinski definition) is 4. The maximum absolute atomic E-state index is 4.50. The second-order valence-corrected chi connectivity index (χ2v) is 4.76. The van der Waals surface area contributed by atoms with Gasteiger partial charge in [-0.2, -0.15) is 0 Å². The summed E-state index contributed by atoms with van der Waals surface area (Å²) in [5, 5.41) is 7.88. The van der Waals surface area contributed by atoms with Gasteiger partial charge < -0.3 is 10.6 Å². The van der Waals surface area contributed by atoms with Crippen LogP contribution in [-0.4, -0.2) is 29.1 Å². The second-order valence-electron chi connectivity index (χ2n) is 4.76. The van der Waals surface area contributed by atoms with Crippen LogP contribution in [0.25, 0.3) is 10.9 Å². The summed E-state index contributed by atoms with van der Waals surface area (Å²) in [4.78, 5) is 8.83. The number of anilines is 1. The standard InChI is InChI=1S/C14H18N4/c1-2-6-13-11(4-1)10-17-14(18-13)16-9-7-12-5-3-8-15-12/h1-2,4,6,10,12,15H,3,5,7-9H2,(H,16,17,18)/t12-/m1/s1. The maximum Gasteiger partial charge on any atom is 0.223 e. The van der Waals surface area contributed by atoms with E-state index in [1.807, 2.05) is 30.5 Å². The van der Waals surface area contributed by atoms with Gasteiger partial charge in [-0.1, -0.05) is 18.2 Å². The van der Waals surface area contributed by atoms with Crippen molar-refractivity contribution in [2.45, 2.75) is 25.3 Å². The summed E-state index contributed by atoms with van der Waals surface area (Å²) < 4.78 is 0. The molecule has 94 valence electrons. The summed E-state index contributed by atoms with van der Waals surface area (Å²) in [5.41, 5.74) is 0.994. The molecule has 3 rings (SSSR count). The van der Waals surface area contributed by atoms with Gasteiger partial charge >= 0.3 is 0 Å². The van der Waals surface area contributed by atoms with Crippen molar-refractivity contribution in [3.8, 4) is 0 Å². The molecule has 18 heavy (non-hydrogen) atoms. The van der Waals surface area contributed by atoms with Crippen molar-refractivity contribution in [1.29, 1.82) is 0 Å². The molecule has 1 fully saturated rings. The highest BCUT2D eigenvalue weighted by Crippen LogP contribution is 2.12. The van der Waals surface area contributed by atoms with Gasteiger partial charge in [0.05, 0.1) is 5.52 Å². The first kappa shape index (κ1) is 11.4. The number of rotatable bonds is 4. The number of nitrogens with one attached hydrogen (secondary N) is 2. The SMILES string of the molecule is c1ccc2nc(NCC[C@H]3CCCN3)ncc2c1. The molecular weight excluding hydrogens is 224 g/mol. The minimum atomic E-state index is 0.665. The average molecular weight is 242 g/mol. The van der Waals surface area contributed by atoms with Crippen LogP contribution < -0.4 is 10.6 Å². The van der Waals surface area contributed by atoms with E-state index in [2.05, 4.69) is 20.6 Å². The molecule has 0 unspecified atom stereocenters. The Morgan fingerprint density at radius 1 is 1.33 bits per heavy atom. The van der Waals surface area contributed by atoms with E-state index in [4.69, 9.17) is 0 Å². The van der Waals surface area contributed by atoms with E-state index in [9.17, 15) is 0 Å². The van der Waals surface area contributed by atoms with Crippen LogP contribution in [0.3, 0.4) is 0 Å². The van der Waals surface area contributed by atoms with Gasteiger partial charge in [-0.3, -0.25) is 0 Å². The minimum absolute atomic E-state index is 0.665. The molecule has 1 aromatic heterocycles. The zero-order valence-electron chi connectivity index (χ0n) is 10.4. The van der Waals surface area contributed by atoms with Crippen LogP contribution in [0.2, 0.25) is 0 Å². The molecule has 1 atom stereocenters. The predicted octanol–water partition coefficient (Wildman–Crippen LogP) is 2.18. The predicted molar refractivity (Wildman–Crippen MR) is 73.7 cm³/mol. The van der Waals surface area contributed by atoms with Crippen LogP contribution in [0.15, 0.2) is 30.5 Å². The highest BCUT2D eigenvalue weighted by atomic mass is 15.1. The summed E-state index contributed by atoms with van der Waals surface area (Å²) >= 11 is 0. The van der Waals surface area contributed by atoms with E-state index < -0.39 is 0 Å². The van der Waals surface area contributed by atoms with Crippen LogP contribution in [0, 0.1) is 0 Å². The number of nitrogens with zero attached hydrogens (tertiary/aromatic N) is 2. The van der Waals surface area contributed by atoms with Crippen molar-refractivity contribution in [3.05, 3.63) is 30.5 Å². The Hall–Kier alpha value is -1.68. The Bertz CT molecular complexity index is 520. The van der Waals surface area contributed by atoms with Crippen molar-refractivity contribution in [3.63, 3.8) is 0 Å². The molecule has 1 saturated heterocycles. The van der Waals surface area contributed by atoms with Crippen molar-refractivity contribution in [1.82, 2.24) is 15.3 Å². The molecular formula is C14H18N4. The molecule has 0 aliphatic carbocycles. The number of fused-ring (bicyclic) bond motifs is 1. The van der Waals surface area contributed by atoms with Crippen LogP contribution in [0.4, 0.5) is 5.95 Å². The van der Waals surface area contributed by atoms with Crippen LogP contribution in [0.1, 0.15) is 19.3 Å². The van der Waals surface area contributed by atoms with Gasteiger partial charge in [-0.05, 0) is 31.9 Å². The van der Waals surface area contributed by atoms with E-state index in [0.29, 0.717) is 6.04 Å². The molecule has 0 saturated carbocycles. The lowest BCUT2D eigenvalue weighted by molar-refractivity contribution is 0.574. The summed E-state index contributed by atoms with van der Waals surface area (Å²) in [5.74, 6) is 0.728. The Morgan fingerprint density at radius 2 is 2.28 bits per heavy atom. The minimum Gasteiger partial charge on any atom is -0.354 e. The van der Waals surface area contributed by atoms with E-state index >= 15 is 0 Å². The van der Waals surface area contributed by atoms with Crippen LogP contribution in [0.5, 0.6) is 0 Å².